The number of hydrogen-bond acceptors (Lipinski definition) is 5. The summed E-state index contributed by atoms with van der Waals surface area (Å²) in [7, 11) is -2.19. The van der Waals surface area contributed by atoms with Gasteiger partial charge in [0, 0.05) is 24.0 Å². The van der Waals surface area contributed by atoms with Crippen LogP contribution in [0.4, 0.5) is 0 Å². The van der Waals surface area contributed by atoms with Gasteiger partial charge < -0.3 is 4.74 Å². The molecule has 0 unspecified atom stereocenters. The largest absolute Gasteiger partial charge is 0.481 e. The van der Waals surface area contributed by atoms with Crippen molar-refractivity contribution in [3.8, 4) is 5.88 Å². The minimum atomic E-state index is -3.71. The topological polar surface area (TPSA) is 85.6 Å². The van der Waals surface area contributed by atoms with Crippen LogP contribution in [0.2, 0.25) is 0 Å². The molecule has 0 aromatic carbocycles. The van der Waals surface area contributed by atoms with Gasteiger partial charge in [0.25, 0.3) is 0 Å². The van der Waals surface area contributed by atoms with E-state index in [0.717, 1.165) is 11.3 Å². The van der Waals surface area contributed by atoms with Gasteiger partial charge in [-0.15, -0.1) is 0 Å². The zero-order valence-electron chi connectivity index (χ0n) is 13.6. The predicted octanol–water partition coefficient (Wildman–Crippen LogP) is 1.83. The van der Waals surface area contributed by atoms with E-state index in [9.17, 15) is 8.42 Å². The number of aryl methyl sites for hydroxylation is 2. The molecule has 0 saturated carbocycles. The first-order chi connectivity index (χ1) is 11.4. The van der Waals surface area contributed by atoms with Crippen molar-refractivity contribution in [3.63, 3.8) is 0 Å². The average molecular weight is 346 g/mol. The Morgan fingerprint density at radius 2 is 2.08 bits per heavy atom. The lowest BCUT2D eigenvalue weighted by Crippen LogP contribution is -2.24. The quantitative estimate of drug-likeness (QED) is 0.762. The first kappa shape index (κ1) is 16.4. The summed E-state index contributed by atoms with van der Waals surface area (Å²) in [6.07, 6.45) is 3.04. The molecule has 8 heteroatoms. The third-order valence-electron chi connectivity index (χ3n) is 3.75. The SMILES string of the molecule is COc1nc(C)cc(C)c1CNS(=O)(=O)c1cnn2ccccc12. The molecule has 0 radical (unpaired) electrons. The van der Waals surface area contributed by atoms with Crippen molar-refractivity contribution in [2.75, 3.05) is 7.11 Å². The van der Waals surface area contributed by atoms with E-state index in [4.69, 9.17) is 4.74 Å². The molecule has 126 valence electrons. The van der Waals surface area contributed by atoms with Gasteiger partial charge in [-0.1, -0.05) is 6.07 Å². The summed E-state index contributed by atoms with van der Waals surface area (Å²) in [5.74, 6) is 0.426. The Hall–Kier alpha value is -2.45. The molecule has 3 heterocycles. The van der Waals surface area contributed by atoms with Gasteiger partial charge in [0.05, 0.1) is 18.8 Å². The summed E-state index contributed by atoms with van der Waals surface area (Å²) in [6.45, 7) is 3.85. The third-order valence-corrected chi connectivity index (χ3v) is 5.17. The molecule has 0 aliphatic rings. The summed E-state index contributed by atoms with van der Waals surface area (Å²) in [4.78, 5) is 4.43. The van der Waals surface area contributed by atoms with E-state index < -0.39 is 10.0 Å². The Kier molecular flexibility index (Phi) is 4.25. The van der Waals surface area contributed by atoms with Crippen molar-refractivity contribution < 1.29 is 13.2 Å². The van der Waals surface area contributed by atoms with Crippen LogP contribution in [0.3, 0.4) is 0 Å². The molecule has 0 spiro atoms. The number of fused-ring (bicyclic) bond motifs is 1. The Balaban J connectivity index is 1.92. The summed E-state index contributed by atoms with van der Waals surface area (Å²) in [5.41, 5.74) is 2.97. The maximum Gasteiger partial charge on any atom is 0.244 e. The molecule has 0 saturated heterocycles. The zero-order valence-corrected chi connectivity index (χ0v) is 14.5. The molecule has 0 fully saturated rings. The number of aromatic nitrogens is 3. The molecule has 3 aromatic heterocycles. The lowest BCUT2D eigenvalue weighted by molar-refractivity contribution is 0.390. The maximum atomic E-state index is 12.6. The fraction of sp³-hybridized carbons (Fsp3) is 0.250. The Morgan fingerprint density at radius 1 is 1.29 bits per heavy atom. The van der Waals surface area contributed by atoms with Gasteiger partial charge in [0.15, 0.2) is 0 Å². The van der Waals surface area contributed by atoms with Gasteiger partial charge in [0.1, 0.15) is 4.90 Å². The van der Waals surface area contributed by atoms with Crippen LogP contribution in [-0.4, -0.2) is 30.1 Å². The third kappa shape index (κ3) is 2.98. The number of nitrogens with zero attached hydrogens (tertiary/aromatic N) is 3. The lowest BCUT2D eigenvalue weighted by atomic mass is 10.1. The zero-order chi connectivity index (χ0) is 17.3. The minimum Gasteiger partial charge on any atom is -0.481 e. The smallest absolute Gasteiger partial charge is 0.244 e. The molecular weight excluding hydrogens is 328 g/mol. The summed E-state index contributed by atoms with van der Waals surface area (Å²) in [5, 5.41) is 4.06. The fourth-order valence-electron chi connectivity index (χ4n) is 2.58. The molecule has 1 N–H and O–H groups in total. The predicted molar refractivity (Wildman–Crippen MR) is 89.5 cm³/mol. The molecule has 0 aliphatic heterocycles. The molecular formula is C16H18N4O3S. The van der Waals surface area contributed by atoms with Crippen LogP contribution < -0.4 is 9.46 Å². The van der Waals surface area contributed by atoms with Gasteiger partial charge in [-0.25, -0.2) is 22.6 Å². The number of rotatable bonds is 5. The Labute approximate surface area is 140 Å². The van der Waals surface area contributed by atoms with E-state index in [1.807, 2.05) is 19.9 Å². The van der Waals surface area contributed by atoms with Crippen LogP contribution in [-0.2, 0) is 16.6 Å². The number of hydrogen-bond donors (Lipinski definition) is 1. The number of nitrogens with one attached hydrogen (secondary N) is 1. The van der Waals surface area contributed by atoms with E-state index in [0.29, 0.717) is 17.0 Å². The summed E-state index contributed by atoms with van der Waals surface area (Å²) < 4.78 is 34.7. The molecule has 24 heavy (non-hydrogen) atoms. The van der Waals surface area contributed by atoms with Crippen LogP contribution in [0.5, 0.6) is 5.88 Å². The lowest BCUT2D eigenvalue weighted by Gasteiger charge is -2.12. The highest BCUT2D eigenvalue weighted by molar-refractivity contribution is 7.89. The second-order valence-corrected chi connectivity index (χ2v) is 7.17. The van der Waals surface area contributed by atoms with Crippen LogP contribution >= 0.6 is 0 Å². The van der Waals surface area contributed by atoms with Crippen molar-refractivity contribution >= 4 is 15.5 Å². The van der Waals surface area contributed by atoms with Crippen LogP contribution in [0.15, 0.2) is 41.6 Å². The second-order valence-electron chi connectivity index (χ2n) is 5.43. The van der Waals surface area contributed by atoms with Gasteiger partial charge >= 0.3 is 0 Å². The van der Waals surface area contributed by atoms with E-state index in [2.05, 4.69) is 14.8 Å². The Bertz CT molecular complexity index is 996. The molecule has 0 atom stereocenters. The highest BCUT2D eigenvalue weighted by Crippen LogP contribution is 2.22. The molecule has 3 rings (SSSR count). The van der Waals surface area contributed by atoms with Crippen molar-refractivity contribution in [1.82, 2.24) is 19.3 Å². The number of pyridine rings is 2. The first-order valence-electron chi connectivity index (χ1n) is 7.35. The Morgan fingerprint density at radius 3 is 2.83 bits per heavy atom. The monoisotopic (exact) mass is 346 g/mol. The number of methoxy groups -OCH3 is 1. The van der Waals surface area contributed by atoms with Crippen molar-refractivity contribution in [2.45, 2.75) is 25.3 Å². The molecule has 0 aliphatic carbocycles. The van der Waals surface area contributed by atoms with E-state index >= 15 is 0 Å². The van der Waals surface area contributed by atoms with Crippen molar-refractivity contribution in [1.29, 1.82) is 0 Å². The van der Waals surface area contributed by atoms with Crippen molar-refractivity contribution in [2.24, 2.45) is 0 Å². The summed E-state index contributed by atoms with van der Waals surface area (Å²) in [6, 6.07) is 7.16. The van der Waals surface area contributed by atoms with Crippen molar-refractivity contribution in [3.05, 3.63) is 53.5 Å². The highest BCUT2D eigenvalue weighted by atomic mass is 32.2. The van der Waals surface area contributed by atoms with E-state index in [1.165, 1.54) is 17.8 Å². The molecule has 3 aromatic rings. The minimum absolute atomic E-state index is 0.0921. The standard InChI is InChI=1S/C16H18N4O3S/c1-11-8-12(2)19-16(23-3)13(11)9-18-24(21,22)15-10-17-20-7-5-4-6-14(15)20/h4-8,10,18H,9H2,1-3H3. The normalized spacial score (nSPS) is 11.8. The molecule has 7 nitrogen and oxygen atoms in total. The van der Waals surface area contributed by atoms with E-state index in [-0.39, 0.29) is 11.4 Å². The average Bonchev–Trinajstić information content (AvgIpc) is 2.98. The number of ether oxygens (including phenoxy) is 1. The van der Waals surface area contributed by atoms with Gasteiger partial charge in [-0.05, 0) is 37.6 Å². The summed E-state index contributed by atoms with van der Waals surface area (Å²) >= 11 is 0. The van der Waals surface area contributed by atoms with Gasteiger partial charge in [-0.2, -0.15) is 5.10 Å². The van der Waals surface area contributed by atoms with Crippen LogP contribution in [0.25, 0.3) is 5.52 Å². The highest BCUT2D eigenvalue weighted by Gasteiger charge is 2.20. The van der Waals surface area contributed by atoms with Crippen LogP contribution in [0, 0.1) is 13.8 Å². The van der Waals surface area contributed by atoms with Gasteiger partial charge in [-0.3, -0.25) is 0 Å². The fourth-order valence-corrected chi connectivity index (χ4v) is 3.69. The molecule has 0 bridgehead atoms. The van der Waals surface area contributed by atoms with Crippen LogP contribution in [0.1, 0.15) is 16.8 Å². The molecule has 0 amide bonds. The van der Waals surface area contributed by atoms with E-state index in [1.54, 1.807) is 24.4 Å². The first-order valence-corrected chi connectivity index (χ1v) is 8.84. The second kappa shape index (κ2) is 6.21. The number of sulfonamides is 1. The maximum absolute atomic E-state index is 12.6. The van der Waals surface area contributed by atoms with Gasteiger partial charge in [0.2, 0.25) is 15.9 Å².